The average Bonchev–Trinajstić information content (AvgIpc) is 3.32. The van der Waals surface area contributed by atoms with E-state index >= 15 is 0 Å². The maximum absolute atomic E-state index is 13.9. The predicted octanol–water partition coefficient (Wildman–Crippen LogP) is 5.46. The zero-order valence-electron chi connectivity index (χ0n) is 27.9. The van der Waals surface area contributed by atoms with E-state index in [0.29, 0.717) is 55.2 Å². The lowest BCUT2D eigenvalue weighted by molar-refractivity contribution is -0.122. The van der Waals surface area contributed by atoms with Crippen LogP contribution in [0.1, 0.15) is 50.8 Å². The molecule has 5 rings (SSSR count). The normalized spacial score (nSPS) is 14.4. The summed E-state index contributed by atoms with van der Waals surface area (Å²) in [6, 6.07) is 16.2. The van der Waals surface area contributed by atoms with E-state index in [1.165, 1.54) is 6.92 Å². The van der Waals surface area contributed by atoms with Crippen LogP contribution in [0.15, 0.2) is 65.6 Å². The van der Waals surface area contributed by atoms with Gasteiger partial charge in [-0.25, -0.2) is 0 Å². The van der Waals surface area contributed by atoms with Crippen LogP contribution in [0.5, 0.6) is 17.2 Å². The van der Waals surface area contributed by atoms with Crippen LogP contribution in [-0.4, -0.2) is 50.3 Å². The molecule has 0 saturated heterocycles. The van der Waals surface area contributed by atoms with Gasteiger partial charge >= 0.3 is 0 Å². The molecule has 47 heavy (non-hydrogen) atoms. The van der Waals surface area contributed by atoms with Gasteiger partial charge in [-0.15, -0.1) is 0 Å². The molecule has 0 spiro atoms. The Labute approximate surface area is 275 Å². The third-order valence-corrected chi connectivity index (χ3v) is 8.60. The molecule has 0 saturated carbocycles. The topological polar surface area (TPSA) is 120 Å². The first-order chi connectivity index (χ1) is 22.6. The molecule has 2 amide bonds. The summed E-state index contributed by atoms with van der Waals surface area (Å²) in [4.78, 5) is 39.7. The van der Waals surface area contributed by atoms with Crippen molar-refractivity contribution in [2.24, 2.45) is 5.92 Å². The van der Waals surface area contributed by atoms with Gasteiger partial charge in [-0.05, 0) is 77.6 Å². The van der Waals surface area contributed by atoms with Crippen LogP contribution < -0.4 is 35.6 Å². The van der Waals surface area contributed by atoms with Crippen molar-refractivity contribution in [2.75, 3.05) is 33.2 Å². The number of para-hydroxylation sites is 1. The first kappa shape index (κ1) is 33.4. The molecule has 3 aromatic carbocycles. The highest BCUT2D eigenvalue weighted by Gasteiger charge is 2.30. The van der Waals surface area contributed by atoms with Gasteiger partial charge in [-0.1, -0.05) is 38.1 Å². The van der Waals surface area contributed by atoms with Gasteiger partial charge in [0, 0.05) is 37.3 Å². The highest BCUT2D eigenvalue weighted by molar-refractivity contribution is 5.86. The third-order valence-electron chi connectivity index (χ3n) is 8.60. The van der Waals surface area contributed by atoms with Crippen molar-refractivity contribution in [3.05, 3.63) is 82.1 Å². The summed E-state index contributed by atoms with van der Waals surface area (Å²) < 4.78 is 19.3. The molecule has 10 nitrogen and oxygen atoms in total. The Morgan fingerprint density at radius 3 is 2.45 bits per heavy atom. The summed E-state index contributed by atoms with van der Waals surface area (Å²) in [7, 11) is 4.69. The zero-order chi connectivity index (χ0) is 33.7. The number of hydrogen-bond acceptors (Lipinski definition) is 7. The van der Waals surface area contributed by atoms with Crippen molar-refractivity contribution >= 4 is 28.4 Å². The van der Waals surface area contributed by atoms with E-state index in [1.54, 1.807) is 33.5 Å². The van der Waals surface area contributed by atoms with Gasteiger partial charge in [-0.2, -0.15) is 0 Å². The maximum atomic E-state index is 13.9. The second-order valence-electron chi connectivity index (χ2n) is 12.3. The van der Waals surface area contributed by atoms with Crippen molar-refractivity contribution in [1.29, 1.82) is 0 Å². The number of nitrogens with one attached hydrogen (secondary N) is 3. The molecule has 3 N–H and O–H groups in total. The summed E-state index contributed by atoms with van der Waals surface area (Å²) in [6.45, 7) is 6.61. The Kier molecular flexibility index (Phi) is 10.4. The molecule has 1 aliphatic rings. The number of rotatable bonds is 12. The monoisotopic (exact) mass is 640 g/mol. The van der Waals surface area contributed by atoms with Crippen LogP contribution in [0.4, 0.5) is 5.69 Å². The number of hydrogen-bond donors (Lipinski definition) is 3. The molecule has 1 heterocycles. The quantitative estimate of drug-likeness (QED) is 0.188. The van der Waals surface area contributed by atoms with Crippen molar-refractivity contribution in [3.63, 3.8) is 0 Å². The number of methoxy groups -OCH3 is 3. The van der Waals surface area contributed by atoms with E-state index in [0.717, 1.165) is 27.6 Å². The minimum Gasteiger partial charge on any atom is -0.493 e. The highest BCUT2D eigenvalue weighted by Crippen LogP contribution is 2.50. The van der Waals surface area contributed by atoms with E-state index in [4.69, 9.17) is 14.2 Å². The van der Waals surface area contributed by atoms with Crippen LogP contribution >= 0.6 is 0 Å². The van der Waals surface area contributed by atoms with E-state index in [2.05, 4.69) is 38.7 Å². The standard InChI is InChI=1S/C37H44N4O6/c1-22(2)19-30(37(44)38-16-18-41-17-15-24-9-7-8-10-31(24)41)40-29-14-12-26-27(21-32(29)43)28(39-23(3)42)13-11-25-20-33(45-4)35(46-5)36(47-6)34(25)26/h7-10,12,14-15,17,20-22,28,30H,11,13,16,18-19H2,1-6H3,(H,38,44)(H,39,42)(H,40,43). The zero-order valence-corrected chi connectivity index (χ0v) is 27.9. The lowest BCUT2D eigenvalue weighted by Crippen LogP contribution is -2.42. The summed E-state index contributed by atoms with van der Waals surface area (Å²) >= 11 is 0. The lowest BCUT2D eigenvalue weighted by Gasteiger charge is -2.21. The predicted molar refractivity (Wildman–Crippen MR) is 184 cm³/mol. The number of fused-ring (bicyclic) bond motifs is 4. The van der Waals surface area contributed by atoms with Crippen molar-refractivity contribution < 1.29 is 23.8 Å². The first-order valence-electron chi connectivity index (χ1n) is 16.0. The number of anilines is 1. The molecule has 4 aromatic rings. The number of carbonyl (C=O) groups excluding carboxylic acids is 2. The van der Waals surface area contributed by atoms with Gasteiger partial charge in [0.15, 0.2) is 11.5 Å². The van der Waals surface area contributed by atoms with E-state index in [-0.39, 0.29) is 28.8 Å². The van der Waals surface area contributed by atoms with E-state index in [9.17, 15) is 14.4 Å². The van der Waals surface area contributed by atoms with Gasteiger partial charge in [0.1, 0.15) is 6.04 Å². The van der Waals surface area contributed by atoms with Crippen LogP contribution in [0, 0.1) is 5.92 Å². The molecule has 1 aliphatic carbocycles. The molecule has 2 atom stereocenters. The molecule has 0 fully saturated rings. The molecule has 0 radical (unpaired) electrons. The van der Waals surface area contributed by atoms with Crippen molar-refractivity contribution in [1.82, 2.24) is 15.2 Å². The summed E-state index contributed by atoms with van der Waals surface area (Å²) in [6.07, 6.45) is 3.70. The number of carbonyl (C=O) groups is 2. The van der Waals surface area contributed by atoms with Crippen LogP contribution in [0.25, 0.3) is 22.0 Å². The maximum Gasteiger partial charge on any atom is 0.242 e. The second-order valence-corrected chi connectivity index (χ2v) is 12.3. The first-order valence-corrected chi connectivity index (χ1v) is 16.0. The molecule has 2 unspecified atom stereocenters. The minimum absolute atomic E-state index is 0.178. The number of ether oxygens (including phenoxy) is 3. The van der Waals surface area contributed by atoms with E-state index in [1.807, 2.05) is 44.3 Å². The summed E-state index contributed by atoms with van der Waals surface area (Å²) in [5.74, 6) is 1.26. The number of nitrogens with zero attached hydrogens (tertiary/aromatic N) is 1. The summed E-state index contributed by atoms with van der Waals surface area (Å²) in [5.41, 5.74) is 4.20. The third kappa shape index (κ3) is 7.21. The molecule has 0 aliphatic heterocycles. The number of amides is 2. The number of aromatic nitrogens is 1. The molecule has 0 bridgehead atoms. The van der Waals surface area contributed by atoms with Gasteiger partial charge in [0.2, 0.25) is 23.0 Å². The molecule has 10 heteroatoms. The Morgan fingerprint density at radius 1 is 0.979 bits per heavy atom. The average molecular weight is 641 g/mol. The fourth-order valence-corrected chi connectivity index (χ4v) is 6.48. The minimum atomic E-state index is -0.636. The molecule has 248 valence electrons. The fraction of sp³-hybridized carbons (Fsp3) is 0.378. The van der Waals surface area contributed by atoms with Gasteiger partial charge in [-0.3, -0.25) is 14.4 Å². The SMILES string of the molecule is COc1cc2c(c(OC)c1OC)-c1ccc(NC(CC(C)C)C(=O)NCCn3ccc4ccccc43)c(=O)cc1C(NC(C)=O)CC2. The smallest absolute Gasteiger partial charge is 0.242 e. The molecular weight excluding hydrogens is 596 g/mol. The number of benzene rings is 2. The van der Waals surface area contributed by atoms with Crippen LogP contribution in [0.3, 0.4) is 0 Å². The number of aryl methyl sites for hydroxylation is 1. The van der Waals surface area contributed by atoms with Crippen LogP contribution in [-0.2, 0) is 22.6 Å². The van der Waals surface area contributed by atoms with Gasteiger partial charge in [0.25, 0.3) is 0 Å². The van der Waals surface area contributed by atoms with Crippen molar-refractivity contribution in [2.45, 2.75) is 58.7 Å². The lowest BCUT2D eigenvalue weighted by atomic mass is 9.95. The summed E-state index contributed by atoms with van der Waals surface area (Å²) in [5, 5.41) is 10.5. The Hall–Kier alpha value is -4.99. The van der Waals surface area contributed by atoms with Crippen LogP contribution in [0.2, 0.25) is 0 Å². The Bertz CT molecular complexity index is 1830. The Balaban J connectivity index is 1.49. The fourth-order valence-electron chi connectivity index (χ4n) is 6.48. The van der Waals surface area contributed by atoms with Crippen molar-refractivity contribution in [3.8, 4) is 28.4 Å². The molecular formula is C37H44N4O6. The Morgan fingerprint density at radius 2 is 1.74 bits per heavy atom. The molecule has 1 aromatic heterocycles. The highest BCUT2D eigenvalue weighted by atomic mass is 16.5. The van der Waals surface area contributed by atoms with E-state index < -0.39 is 12.1 Å². The van der Waals surface area contributed by atoms with Gasteiger partial charge in [0.05, 0.1) is 33.1 Å². The largest absolute Gasteiger partial charge is 0.493 e. The second kappa shape index (κ2) is 14.6. The van der Waals surface area contributed by atoms with Gasteiger partial charge < -0.3 is 34.7 Å².